The second-order valence-electron chi connectivity index (χ2n) is 13.4. The molecule has 248 valence electrons. The topological polar surface area (TPSA) is 61.8 Å². The second kappa shape index (κ2) is 14.5. The van der Waals surface area contributed by atoms with Gasteiger partial charge in [0, 0.05) is 17.9 Å². The van der Waals surface area contributed by atoms with E-state index >= 15 is 0 Å². The van der Waals surface area contributed by atoms with Crippen LogP contribution in [0.2, 0.25) is 0 Å². The molecule has 0 N–H and O–H groups in total. The molecule has 3 aromatic rings. The standard InChI is InChI=1S/C21H28F2O5.C18H15S/c1-13(2)17(24)26-10-14(3)28-21-8-15-5-16(9-21)7-20(6-15,11-21)12-27-18(25)19(4,22)23;1-4-10-16(11-5-1)19(17-12-6-2-7-13-17)18-14-8-3-9-15-18/h15-16H,1,3,5-12H2,2,4H3;1-15H/q;+1. The normalized spacial score (nSPS) is 24.1. The predicted octanol–water partition coefficient (Wildman–Crippen LogP) is 8.96. The maximum absolute atomic E-state index is 13.2. The van der Waals surface area contributed by atoms with Gasteiger partial charge in [-0.2, -0.15) is 8.78 Å². The predicted molar refractivity (Wildman–Crippen MR) is 179 cm³/mol. The lowest BCUT2D eigenvalue weighted by Crippen LogP contribution is -2.58. The van der Waals surface area contributed by atoms with Gasteiger partial charge < -0.3 is 14.2 Å². The van der Waals surface area contributed by atoms with Crippen LogP contribution in [-0.4, -0.2) is 36.7 Å². The van der Waals surface area contributed by atoms with Crippen molar-refractivity contribution < 1.29 is 32.6 Å². The zero-order valence-corrected chi connectivity index (χ0v) is 27.9. The van der Waals surface area contributed by atoms with Gasteiger partial charge in [-0.25, -0.2) is 9.59 Å². The number of rotatable bonds is 11. The van der Waals surface area contributed by atoms with Crippen LogP contribution in [0.25, 0.3) is 0 Å². The monoisotopic (exact) mass is 661 g/mol. The molecule has 0 radical (unpaired) electrons. The van der Waals surface area contributed by atoms with Gasteiger partial charge in [0.15, 0.2) is 14.7 Å². The van der Waals surface area contributed by atoms with Crippen LogP contribution in [-0.2, 0) is 34.7 Å². The molecule has 4 aliphatic rings. The minimum atomic E-state index is -3.49. The first-order valence-corrected chi connectivity index (χ1v) is 17.2. The van der Waals surface area contributed by atoms with E-state index in [-0.39, 0.29) is 29.5 Å². The van der Waals surface area contributed by atoms with Crippen molar-refractivity contribution in [3.05, 3.63) is 115 Å². The van der Waals surface area contributed by atoms with Crippen molar-refractivity contribution in [2.75, 3.05) is 13.2 Å². The highest BCUT2D eigenvalue weighted by molar-refractivity contribution is 7.97. The molecule has 2 unspecified atom stereocenters. The Bertz CT molecular complexity index is 1450. The molecule has 4 fully saturated rings. The molecule has 3 aromatic carbocycles. The Morgan fingerprint density at radius 2 is 1.28 bits per heavy atom. The summed E-state index contributed by atoms with van der Waals surface area (Å²) in [6.45, 7) is 9.47. The molecule has 4 aliphatic carbocycles. The third-order valence-electron chi connectivity index (χ3n) is 9.01. The fraction of sp³-hybridized carbons (Fsp3) is 0.385. The largest absolute Gasteiger partial charge is 0.489 e. The van der Waals surface area contributed by atoms with E-state index in [2.05, 4.69) is 104 Å². The van der Waals surface area contributed by atoms with Crippen LogP contribution in [0.5, 0.6) is 0 Å². The van der Waals surface area contributed by atoms with Crippen molar-refractivity contribution in [2.24, 2.45) is 17.3 Å². The van der Waals surface area contributed by atoms with Gasteiger partial charge in [0.1, 0.15) is 18.0 Å². The number of benzene rings is 3. The van der Waals surface area contributed by atoms with Crippen LogP contribution in [0.4, 0.5) is 8.78 Å². The zero-order chi connectivity index (χ0) is 33.7. The van der Waals surface area contributed by atoms with Gasteiger partial charge in [0.05, 0.1) is 17.5 Å². The molecule has 5 nitrogen and oxygen atoms in total. The Morgan fingerprint density at radius 1 is 0.809 bits per heavy atom. The lowest BCUT2D eigenvalue weighted by Gasteiger charge is -2.61. The molecule has 0 heterocycles. The summed E-state index contributed by atoms with van der Waals surface area (Å²) in [5, 5.41) is 0. The number of hydrogen-bond acceptors (Lipinski definition) is 5. The van der Waals surface area contributed by atoms with Gasteiger partial charge in [0.2, 0.25) is 0 Å². The summed E-state index contributed by atoms with van der Waals surface area (Å²) in [6, 6.07) is 32.2. The van der Waals surface area contributed by atoms with Crippen LogP contribution < -0.4 is 0 Å². The minimum absolute atomic E-state index is 0.00943. The molecule has 0 aromatic heterocycles. The highest BCUT2D eigenvalue weighted by Gasteiger charge is 2.60. The quantitative estimate of drug-likeness (QED) is 0.0889. The molecule has 7 rings (SSSR count). The third kappa shape index (κ3) is 8.72. The van der Waals surface area contributed by atoms with E-state index in [1.165, 1.54) is 14.7 Å². The fourth-order valence-corrected chi connectivity index (χ4v) is 9.79. The van der Waals surface area contributed by atoms with Crippen LogP contribution in [0.3, 0.4) is 0 Å². The van der Waals surface area contributed by atoms with Crippen LogP contribution in [0, 0.1) is 17.3 Å². The van der Waals surface area contributed by atoms with Gasteiger partial charge in [-0.15, -0.1) is 0 Å². The molecule has 0 amide bonds. The van der Waals surface area contributed by atoms with Gasteiger partial charge in [0.25, 0.3) is 0 Å². The summed E-state index contributed by atoms with van der Waals surface area (Å²) in [6.07, 6.45) is 5.14. The van der Waals surface area contributed by atoms with Crippen LogP contribution >= 0.6 is 0 Å². The maximum atomic E-state index is 13.2. The Kier molecular flexibility index (Phi) is 10.6. The van der Waals surface area contributed by atoms with Crippen molar-refractivity contribution in [1.82, 2.24) is 0 Å². The fourth-order valence-electron chi connectivity index (χ4n) is 7.68. The van der Waals surface area contributed by atoms with E-state index in [4.69, 9.17) is 14.2 Å². The van der Waals surface area contributed by atoms with Gasteiger partial charge in [-0.05, 0) is 93.7 Å². The van der Waals surface area contributed by atoms with Gasteiger partial charge in [-0.1, -0.05) is 67.8 Å². The van der Waals surface area contributed by atoms with E-state index in [9.17, 15) is 18.4 Å². The molecule has 0 saturated heterocycles. The van der Waals surface area contributed by atoms with Crippen molar-refractivity contribution >= 4 is 22.8 Å². The summed E-state index contributed by atoms with van der Waals surface area (Å²) >= 11 is 0. The summed E-state index contributed by atoms with van der Waals surface area (Å²) in [4.78, 5) is 27.2. The Morgan fingerprint density at radius 3 is 1.70 bits per heavy atom. The molecular formula is C39H43F2O5S+. The number of carbonyl (C=O) groups excluding carboxylic acids is 2. The number of carbonyl (C=O) groups is 2. The van der Waals surface area contributed by atoms with Crippen molar-refractivity contribution in [2.45, 2.75) is 78.6 Å². The minimum Gasteiger partial charge on any atom is -0.489 e. The van der Waals surface area contributed by atoms with E-state index in [0.29, 0.717) is 36.5 Å². The molecule has 4 saturated carbocycles. The Balaban J connectivity index is 0.000000198. The number of esters is 2. The lowest BCUT2D eigenvalue weighted by atomic mass is 9.48. The van der Waals surface area contributed by atoms with E-state index in [1.807, 2.05) is 0 Å². The van der Waals surface area contributed by atoms with Crippen molar-refractivity contribution in [3.8, 4) is 0 Å². The lowest BCUT2D eigenvalue weighted by molar-refractivity contribution is -0.203. The van der Waals surface area contributed by atoms with Crippen molar-refractivity contribution in [1.29, 1.82) is 0 Å². The molecular weight excluding hydrogens is 618 g/mol. The number of halogens is 2. The molecule has 0 spiro atoms. The van der Waals surface area contributed by atoms with E-state index in [1.54, 1.807) is 6.92 Å². The maximum Gasteiger partial charge on any atom is 0.376 e. The first kappa shape index (κ1) is 34.4. The molecule has 8 heteroatoms. The highest BCUT2D eigenvalue weighted by atomic mass is 32.2. The van der Waals surface area contributed by atoms with Gasteiger partial charge in [-0.3, -0.25) is 0 Å². The van der Waals surface area contributed by atoms with Crippen molar-refractivity contribution in [3.63, 3.8) is 0 Å². The van der Waals surface area contributed by atoms with Crippen LogP contribution in [0.1, 0.15) is 52.4 Å². The Hall–Kier alpha value is -3.91. The summed E-state index contributed by atoms with van der Waals surface area (Å²) < 4.78 is 42.6. The SMILES string of the molecule is C=C(COC(=O)C(=C)C)OC12CC3CC(CC(COC(=O)C(C)(F)F)(C3)C1)C2.c1ccc([S+](c2ccccc2)c2ccccc2)cc1. The summed E-state index contributed by atoms with van der Waals surface area (Å²) in [5.41, 5.74) is -0.492. The molecule has 4 bridgehead atoms. The number of hydrogen-bond donors (Lipinski definition) is 0. The molecule has 2 atom stereocenters. The Labute approximate surface area is 279 Å². The highest BCUT2D eigenvalue weighted by Crippen LogP contribution is 2.63. The summed E-state index contributed by atoms with van der Waals surface area (Å²) in [5.74, 6) is -4.28. The van der Waals surface area contributed by atoms with Gasteiger partial charge >= 0.3 is 17.9 Å². The summed E-state index contributed by atoms with van der Waals surface area (Å²) in [7, 11) is -0.0146. The average molecular weight is 662 g/mol. The smallest absolute Gasteiger partial charge is 0.376 e. The first-order valence-electron chi connectivity index (χ1n) is 16.0. The number of alkyl halides is 2. The van der Waals surface area contributed by atoms with E-state index in [0.717, 1.165) is 32.1 Å². The first-order chi connectivity index (χ1) is 22.4. The van der Waals surface area contributed by atoms with Crippen LogP contribution in [0.15, 0.2) is 130 Å². The zero-order valence-electron chi connectivity index (χ0n) is 27.1. The number of ether oxygens (including phenoxy) is 3. The molecule has 0 aliphatic heterocycles. The van der Waals surface area contributed by atoms with E-state index < -0.39 is 23.5 Å². The molecule has 47 heavy (non-hydrogen) atoms. The average Bonchev–Trinajstić information content (AvgIpc) is 3.03. The second-order valence-corrected chi connectivity index (χ2v) is 15.4. The third-order valence-corrected chi connectivity index (χ3v) is 11.2.